The van der Waals surface area contributed by atoms with Crippen molar-refractivity contribution in [3.8, 4) is 11.3 Å². The summed E-state index contributed by atoms with van der Waals surface area (Å²) in [5.74, 6) is 0.543. The fourth-order valence-electron chi connectivity index (χ4n) is 4.23. The van der Waals surface area contributed by atoms with E-state index in [0.717, 1.165) is 37.5 Å². The van der Waals surface area contributed by atoms with Gasteiger partial charge in [0.2, 0.25) is 5.91 Å². The second-order valence-electron chi connectivity index (χ2n) is 8.41. The Hall–Kier alpha value is -3.25. The van der Waals surface area contributed by atoms with Crippen LogP contribution in [0, 0.1) is 5.92 Å². The van der Waals surface area contributed by atoms with Crippen molar-refractivity contribution in [3.05, 3.63) is 88.7 Å². The lowest BCUT2D eigenvalue weighted by Crippen LogP contribution is -2.41. The van der Waals surface area contributed by atoms with Gasteiger partial charge in [0, 0.05) is 24.7 Å². The maximum Gasteiger partial charge on any atom is 0.267 e. The van der Waals surface area contributed by atoms with Crippen molar-refractivity contribution in [1.82, 2.24) is 20.0 Å². The summed E-state index contributed by atoms with van der Waals surface area (Å²) in [6.45, 7) is 3.46. The lowest BCUT2D eigenvalue weighted by molar-refractivity contribution is -0.122. The summed E-state index contributed by atoms with van der Waals surface area (Å²) < 4.78 is 1.23. The van der Waals surface area contributed by atoms with E-state index in [-0.39, 0.29) is 18.0 Å². The van der Waals surface area contributed by atoms with Gasteiger partial charge in [0.05, 0.1) is 5.69 Å². The molecule has 2 aromatic carbocycles. The van der Waals surface area contributed by atoms with Crippen LogP contribution in [0.15, 0.2) is 77.6 Å². The zero-order valence-corrected chi connectivity index (χ0v) is 18.3. The number of aromatic nitrogens is 2. The molecule has 1 aliphatic heterocycles. The highest BCUT2D eigenvalue weighted by molar-refractivity contribution is 5.75. The molecule has 1 fully saturated rings. The van der Waals surface area contributed by atoms with Crippen LogP contribution >= 0.6 is 0 Å². The summed E-state index contributed by atoms with van der Waals surface area (Å²) in [4.78, 5) is 26.9. The summed E-state index contributed by atoms with van der Waals surface area (Å²) >= 11 is 0. The monoisotopic (exact) mass is 430 g/mol. The molecule has 6 heteroatoms. The quantitative estimate of drug-likeness (QED) is 0.597. The third-order valence-corrected chi connectivity index (χ3v) is 6.05. The molecule has 0 atom stereocenters. The Morgan fingerprint density at radius 2 is 1.62 bits per heavy atom. The predicted octanol–water partition coefficient (Wildman–Crippen LogP) is 2.98. The number of nitrogens with zero attached hydrogens (tertiary/aromatic N) is 3. The molecule has 1 aliphatic rings. The number of piperidine rings is 1. The van der Waals surface area contributed by atoms with Crippen LogP contribution in [0.5, 0.6) is 0 Å². The van der Waals surface area contributed by atoms with Crippen molar-refractivity contribution in [2.24, 2.45) is 5.92 Å². The van der Waals surface area contributed by atoms with Gasteiger partial charge in [0.1, 0.15) is 6.54 Å². The number of likely N-dealkylation sites (tertiary alicyclic amines) is 1. The molecule has 1 N–H and O–H groups in total. The molecule has 32 heavy (non-hydrogen) atoms. The van der Waals surface area contributed by atoms with E-state index in [1.807, 2.05) is 30.3 Å². The number of carbonyl (C=O) groups is 1. The van der Waals surface area contributed by atoms with E-state index in [4.69, 9.17) is 0 Å². The molecule has 6 nitrogen and oxygen atoms in total. The van der Waals surface area contributed by atoms with Crippen LogP contribution in [-0.4, -0.2) is 46.8 Å². The molecular weight excluding hydrogens is 400 g/mol. The fraction of sp³-hybridized carbons (Fsp3) is 0.346. The smallest absolute Gasteiger partial charge is 0.267 e. The van der Waals surface area contributed by atoms with Gasteiger partial charge in [0.25, 0.3) is 5.56 Å². The molecule has 1 amide bonds. The lowest BCUT2D eigenvalue weighted by atomic mass is 9.90. The Morgan fingerprint density at radius 3 is 2.34 bits per heavy atom. The molecule has 4 rings (SSSR count). The van der Waals surface area contributed by atoms with Crippen LogP contribution in [-0.2, 0) is 17.8 Å². The first-order chi connectivity index (χ1) is 15.7. The van der Waals surface area contributed by atoms with E-state index in [1.54, 1.807) is 6.07 Å². The number of rotatable bonds is 8. The van der Waals surface area contributed by atoms with Crippen molar-refractivity contribution in [2.45, 2.75) is 25.8 Å². The van der Waals surface area contributed by atoms with Gasteiger partial charge in [-0.25, -0.2) is 4.68 Å². The Bertz CT molecular complexity index is 1060. The summed E-state index contributed by atoms with van der Waals surface area (Å²) in [5.41, 5.74) is 2.73. The first-order valence-corrected chi connectivity index (χ1v) is 11.3. The minimum absolute atomic E-state index is 0.0708. The van der Waals surface area contributed by atoms with E-state index < -0.39 is 0 Å². The van der Waals surface area contributed by atoms with Crippen molar-refractivity contribution in [3.63, 3.8) is 0 Å². The molecule has 1 aromatic heterocycles. The maximum absolute atomic E-state index is 12.4. The van der Waals surface area contributed by atoms with Crippen molar-refractivity contribution in [2.75, 3.05) is 26.2 Å². The summed E-state index contributed by atoms with van der Waals surface area (Å²) in [7, 11) is 0. The summed E-state index contributed by atoms with van der Waals surface area (Å²) in [5, 5.41) is 7.29. The fourth-order valence-corrected chi connectivity index (χ4v) is 4.23. The van der Waals surface area contributed by atoms with Gasteiger partial charge in [-0.2, -0.15) is 5.10 Å². The van der Waals surface area contributed by atoms with Crippen molar-refractivity contribution >= 4 is 5.91 Å². The van der Waals surface area contributed by atoms with Crippen LogP contribution in [0.3, 0.4) is 0 Å². The largest absolute Gasteiger partial charge is 0.353 e. The molecular formula is C26H30N4O2. The van der Waals surface area contributed by atoms with Gasteiger partial charge < -0.3 is 10.2 Å². The van der Waals surface area contributed by atoms with Gasteiger partial charge in [-0.05, 0) is 49.9 Å². The first-order valence-electron chi connectivity index (χ1n) is 11.3. The Labute approximate surface area is 188 Å². The molecule has 0 saturated carbocycles. The summed E-state index contributed by atoms with van der Waals surface area (Å²) in [6.07, 6.45) is 3.53. The first kappa shape index (κ1) is 22.0. The van der Waals surface area contributed by atoms with Crippen LogP contribution in [0.2, 0.25) is 0 Å². The Balaban J connectivity index is 1.20. The highest BCUT2D eigenvalue weighted by Gasteiger charge is 2.19. The highest BCUT2D eigenvalue weighted by atomic mass is 16.2. The highest BCUT2D eigenvalue weighted by Crippen LogP contribution is 2.21. The number of hydrogen-bond acceptors (Lipinski definition) is 4. The number of amides is 1. The minimum Gasteiger partial charge on any atom is -0.353 e. The number of hydrogen-bond donors (Lipinski definition) is 1. The van der Waals surface area contributed by atoms with Crippen molar-refractivity contribution < 1.29 is 4.79 Å². The number of nitrogens with one attached hydrogen (secondary N) is 1. The van der Waals surface area contributed by atoms with Gasteiger partial charge in [-0.1, -0.05) is 60.7 Å². The Morgan fingerprint density at radius 1 is 0.938 bits per heavy atom. The molecule has 0 radical (unpaired) electrons. The van der Waals surface area contributed by atoms with Crippen LogP contribution in [0.25, 0.3) is 11.3 Å². The summed E-state index contributed by atoms with van der Waals surface area (Å²) in [6, 6.07) is 23.5. The van der Waals surface area contributed by atoms with E-state index in [0.29, 0.717) is 12.2 Å². The second kappa shape index (κ2) is 10.9. The second-order valence-corrected chi connectivity index (χ2v) is 8.41. The van der Waals surface area contributed by atoms with E-state index in [2.05, 4.69) is 45.6 Å². The number of carbonyl (C=O) groups excluding carboxylic acids is 1. The molecule has 2 heterocycles. The zero-order valence-electron chi connectivity index (χ0n) is 18.3. The molecule has 0 spiro atoms. The number of benzene rings is 2. The molecule has 0 unspecified atom stereocenters. The standard InChI is InChI=1S/C26H30N4O2/c31-25(20-30-26(32)12-11-24(28-30)23-9-5-2-6-10-23)27-15-18-29-16-13-22(14-17-29)19-21-7-3-1-4-8-21/h1-12,22H,13-20H2,(H,27,31). The van der Waals surface area contributed by atoms with E-state index in [9.17, 15) is 9.59 Å². The molecule has 0 bridgehead atoms. The third kappa shape index (κ3) is 6.14. The van der Waals surface area contributed by atoms with E-state index in [1.165, 1.54) is 29.2 Å². The predicted molar refractivity (Wildman–Crippen MR) is 126 cm³/mol. The molecule has 166 valence electrons. The maximum atomic E-state index is 12.4. The average molecular weight is 431 g/mol. The zero-order chi connectivity index (χ0) is 22.2. The van der Waals surface area contributed by atoms with Crippen LogP contribution < -0.4 is 10.9 Å². The van der Waals surface area contributed by atoms with Gasteiger partial charge in [-0.15, -0.1) is 0 Å². The molecule has 1 saturated heterocycles. The van der Waals surface area contributed by atoms with Gasteiger partial charge >= 0.3 is 0 Å². The normalized spacial score (nSPS) is 14.9. The lowest BCUT2D eigenvalue weighted by Gasteiger charge is -2.32. The van der Waals surface area contributed by atoms with Crippen LogP contribution in [0.1, 0.15) is 18.4 Å². The Kier molecular flexibility index (Phi) is 7.46. The van der Waals surface area contributed by atoms with Crippen LogP contribution in [0.4, 0.5) is 0 Å². The topological polar surface area (TPSA) is 67.2 Å². The van der Waals surface area contributed by atoms with Crippen molar-refractivity contribution in [1.29, 1.82) is 0 Å². The van der Waals surface area contributed by atoms with Gasteiger partial charge in [0.15, 0.2) is 0 Å². The molecule has 0 aliphatic carbocycles. The SMILES string of the molecule is O=C(Cn1nc(-c2ccccc2)ccc1=O)NCCN1CCC(Cc2ccccc2)CC1. The average Bonchev–Trinajstić information content (AvgIpc) is 2.83. The minimum atomic E-state index is -0.277. The third-order valence-electron chi connectivity index (χ3n) is 6.05. The molecule has 3 aromatic rings. The van der Waals surface area contributed by atoms with Gasteiger partial charge in [-0.3, -0.25) is 9.59 Å². The van der Waals surface area contributed by atoms with E-state index >= 15 is 0 Å².